The molecule has 1 aromatic rings. The summed E-state index contributed by atoms with van der Waals surface area (Å²) in [7, 11) is 1.55. The average molecular weight is 261 g/mol. The summed E-state index contributed by atoms with van der Waals surface area (Å²) in [6, 6.07) is 5.13. The van der Waals surface area contributed by atoms with Gasteiger partial charge in [-0.25, -0.2) is 0 Å². The summed E-state index contributed by atoms with van der Waals surface area (Å²) in [5, 5.41) is 0. The van der Waals surface area contributed by atoms with Gasteiger partial charge in [-0.3, -0.25) is 14.6 Å². The smallest absolute Gasteiger partial charge is 0.311 e. The minimum absolute atomic E-state index is 0.0526. The van der Waals surface area contributed by atoms with E-state index in [0.29, 0.717) is 29.3 Å². The highest BCUT2D eigenvalue weighted by Crippen LogP contribution is 2.30. The molecule has 0 N–H and O–H groups in total. The molecule has 1 aliphatic rings. The fourth-order valence-corrected chi connectivity index (χ4v) is 1.93. The summed E-state index contributed by atoms with van der Waals surface area (Å²) >= 11 is 0. The number of hydrogen-bond acceptors (Lipinski definition) is 5. The SMILES string of the molecule is CCOC(=O)CC1=Nc2ccc(OC)cc2C(=O)C1. The van der Waals surface area contributed by atoms with Gasteiger partial charge in [0.15, 0.2) is 5.78 Å². The van der Waals surface area contributed by atoms with E-state index >= 15 is 0 Å². The van der Waals surface area contributed by atoms with Gasteiger partial charge in [0.25, 0.3) is 0 Å². The van der Waals surface area contributed by atoms with Crippen LogP contribution < -0.4 is 4.74 Å². The molecule has 5 heteroatoms. The van der Waals surface area contributed by atoms with Gasteiger partial charge in [-0.2, -0.15) is 0 Å². The van der Waals surface area contributed by atoms with Gasteiger partial charge in [0.1, 0.15) is 5.75 Å². The van der Waals surface area contributed by atoms with Crippen molar-refractivity contribution < 1.29 is 19.1 Å². The van der Waals surface area contributed by atoms with Crippen LogP contribution in [0.3, 0.4) is 0 Å². The molecule has 0 bridgehead atoms. The minimum Gasteiger partial charge on any atom is -0.497 e. The summed E-state index contributed by atoms with van der Waals surface area (Å²) < 4.78 is 9.93. The highest BCUT2D eigenvalue weighted by molar-refractivity contribution is 6.18. The molecular weight excluding hydrogens is 246 g/mol. The van der Waals surface area contributed by atoms with Crippen molar-refractivity contribution in [1.82, 2.24) is 0 Å². The van der Waals surface area contributed by atoms with Crippen molar-refractivity contribution in [2.24, 2.45) is 4.99 Å². The molecule has 0 amide bonds. The molecule has 0 radical (unpaired) electrons. The first-order valence-electron chi connectivity index (χ1n) is 6.07. The zero-order chi connectivity index (χ0) is 13.8. The first kappa shape index (κ1) is 13.3. The Morgan fingerprint density at radius 2 is 2.21 bits per heavy atom. The van der Waals surface area contributed by atoms with Gasteiger partial charge in [0.05, 0.1) is 32.2 Å². The number of benzene rings is 1. The van der Waals surface area contributed by atoms with Gasteiger partial charge in [-0.1, -0.05) is 0 Å². The first-order chi connectivity index (χ1) is 9.13. The van der Waals surface area contributed by atoms with Crippen molar-refractivity contribution in [1.29, 1.82) is 0 Å². The molecule has 0 saturated heterocycles. The maximum atomic E-state index is 12.0. The van der Waals surface area contributed by atoms with E-state index in [2.05, 4.69) is 4.99 Å². The number of ether oxygens (including phenoxy) is 2. The number of hydrogen-bond donors (Lipinski definition) is 0. The fraction of sp³-hybridized carbons (Fsp3) is 0.357. The van der Waals surface area contributed by atoms with E-state index in [4.69, 9.17) is 9.47 Å². The van der Waals surface area contributed by atoms with Crippen molar-refractivity contribution in [2.75, 3.05) is 13.7 Å². The number of carbonyl (C=O) groups is 2. The quantitative estimate of drug-likeness (QED) is 0.780. The first-order valence-corrected chi connectivity index (χ1v) is 6.07. The van der Waals surface area contributed by atoms with Crippen LogP contribution in [0.15, 0.2) is 23.2 Å². The molecule has 0 unspecified atom stereocenters. The van der Waals surface area contributed by atoms with Crippen LogP contribution in [0.2, 0.25) is 0 Å². The van der Waals surface area contributed by atoms with E-state index in [0.717, 1.165) is 0 Å². The van der Waals surface area contributed by atoms with Crippen LogP contribution in [0.5, 0.6) is 5.75 Å². The molecule has 0 spiro atoms. The van der Waals surface area contributed by atoms with Crippen LogP contribution in [0, 0.1) is 0 Å². The lowest BCUT2D eigenvalue weighted by Crippen LogP contribution is -2.18. The second-order valence-electron chi connectivity index (χ2n) is 4.14. The standard InChI is InChI=1S/C14H15NO4/c1-3-19-14(17)7-9-6-13(16)11-8-10(18-2)4-5-12(11)15-9/h4-5,8H,3,6-7H2,1-2H3. The predicted octanol–water partition coefficient (Wildman–Crippen LogP) is 2.31. The monoisotopic (exact) mass is 261 g/mol. The number of Topliss-reactive ketones (excluding diaryl/α,β-unsaturated/α-hetero) is 1. The van der Waals surface area contributed by atoms with Crippen molar-refractivity contribution in [2.45, 2.75) is 19.8 Å². The van der Waals surface area contributed by atoms with E-state index in [9.17, 15) is 9.59 Å². The van der Waals surface area contributed by atoms with E-state index in [1.807, 2.05) is 0 Å². The number of esters is 1. The molecule has 2 rings (SSSR count). The highest BCUT2D eigenvalue weighted by atomic mass is 16.5. The molecule has 19 heavy (non-hydrogen) atoms. The van der Waals surface area contributed by atoms with Gasteiger partial charge in [0, 0.05) is 11.3 Å². The summed E-state index contributed by atoms with van der Waals surface area (Å²) in [5.74, 6) is 0.213. The molecule has 5 nitrogen and oxygen atoms in total. The van der Waals surface area contributed by atoms with Crippen molar-refractivity contribution in [3.63, 3.8) is 0 Å². The maximum Gasteiger partial charge on any atom is 0.311 e. The zero-order valence-corrected chi connectivity index (χ0v) is 10.9. The van der Waals surface area contributed by atoms with Gasteiger partial charge < -0.3 is 9.47 Å². The minimum atomic E-state index is -0.356. The fourth-order valence-electron chi connectivity index (χ4n) is 1.93. The van der Waals surface area contributed by atoms with Gasteiger partial charge in [0.2, 0.25) is 0 Å². The van der Waals surface area contributed by atoms with E-state index in [-0.39, 0.29) is 24.6 Å². The van der Waals surface area contributed by atoms with Crippen LogP contribution in [0.4, 0.5) is 5.69 Å². The molecule has 0 saturated carbocycles. The molecule has 0 aromatic heterocycles. The zero-order valence-electron chi connectivity index (χ0n) is 10.9. The summed E-state index contributed by atoms with van der Waals surface area (Å²) in [4.78, 5) is 27.7. The number of rotatable bonds is 4. The largest absolute Gasteiger partial charge is 0.497 e. The number of ketones is 1. The lowest BCUT2D eigenvalue weighted by atomic mass is 9.98. The predicted molar refractivity (Wildman–Crippen MR) is 70.3 cm³/mol. The summed E-state index contributed by atoms with van der Waals surface area (Å²) in [6.07, 6.45) is 0.212. The molecule has 1 heterocycles. The molecule has 100 valence electrons. The normalized spacial score (nSPS) is 13.6. The van der Waals surface area contributed by atoms with Crippen LogP contribution in [-0.4, -0.2) is 31.2 Å². The molecule has 1 aliphatic heterocycles. The average Bonchev–Trinajstić information content (AvgIpc) is 2.38. The van der Waals surface area contributed by atoms with E-state index < -0.39 is 0 Å². The Labute approximate surface area is 111 Å². The number of fused-ring (bicyclic) bond motifs is 1. The van der Waals surface area contributed by atoms with Crippen LogP contribution >= 0.6 is 0 Å². The van der Waals surface area contributed by atoms with Crippen molar-refractivity contribution in [3.05, 3.63) is 23.8 Å². The Hall–Kier alpha value is -2.17. The Morgan fingerprint density at radius 3 is 2.89 bits per heavy atom. The number of nitrogens with zero attached hydrogens (tertiary/aromatic N) is 1. The molecular formula is C14H15NO4. The van der Waals surface area contributed by atoms with Crippen molar-refractivity contribution >= 4 is 23.2 Å². The van der Waals surface area contributed by atoms with Gasteiger partial charge in [-0.15, -0.1) is 0 Å². The molecule has 0 aliphatic carbocycles. The van der Waals surface area contributed by atoms with Crippen LogP contribution in [0.1, 0.15) is 30.1 Å². The summed E-state index contributed by atoms with van der Waals surface area (Å²) in [5.41, 5.74) is 1.66. The Balaban J connectivity index is 2.24. The van der Waals surface area contributed by atoms with Crippen molar-refractivity contribution in [3.8, 4) is 5.75 Å². The number of methoxy groups -OCH3 is 1. The van der Waals surface area contributed by atoms with Crippen LogP contribution in [0.25, 0.3) is 0 Å². The second kappa shape index (κ2) is 5.65. The van der Waals surface area contributed by atoms with Gasteiger partial charge in [-0.05, 0) is 25.1 Å². The third kappa shape index (κ3) is 2.99. The highest BCUT2D eigenvalue weighted by Gasteiger charge is 2.22. The second-order valence-corrected chi connectivity index (χ2v) is 4.14. The Morgan fingerprint density at radius 1 is 1.42 bits per heavy atom. The van der Waals surface area contributed by atoms with E-state index in [1.54, 1.807) is 32.2 Å². The maximum absolute atomic E-state index is 12.0. The topological polar surface area (TPSA) is 65.0 Å². The third-order valence-electron chi connectivity index (χ3n) is 2.80. The Kier molecular flexibility index (Phi) is 3.94. The van der Waals surface area contributed by atoms with E-state index in [1.165, 1.54) is 0 Å². The molecule has 1 aromatic carbocycles. The number of carbonyl (C=O) groups excluding carboxylic acids is 2. The summed E-state index contributed by atoms with van der Waals surface area (Å²) in [6.45, 7) is 2.07. The third-order valence-corrected chi connectivity index (χ3v) is 2.80. The number of aliphatic imine (C=N–C) groups is 1. The molecule has 0 fully saturated rings. The Bertz CT molecular complexity index is 548. The lowest BCUT2D eigenvalue weighted by molar-refractivity contribution is -0.141. The van der Waals surface area contributed by atoms with Crippen LogP contribution in [-0.2, 0) is 9.53 Å². The lowest BCUT2D eigenvalue weighted by Gasteiger charge is -2.15. The van der Waals surface area contributed by atoms with Gasteiger partial charge >= 0.3 is 5.97 Å². The molecule has 0 atom stereocenters.